The van der Waals surface area contributed by atoms with Gasteiger partial charge in [-0.15, -0.1) is 0 Å². The number of hydrogen-bond donors (Lipinski definition) is 0. The van der Waals surface area contributed by atoms with Gasteiger partial charge in [-0.25, -0.2) is 4.98 Å². The molecule has 1 aliphatic carbocycles. The molecule has 0 spiro atoms. The molecule has 1 fully saturated rings. The molecule has 0 atom stereocenters. The van der Waals surface area contributed by atoms with Crippen molar-refractivity contribution < 1.29 is 22.6 Å². The maximum absolute atomic E-state index is 13.5. The van der Waals surface area contributed by atoms with Gasteiger partial charge in [-0.05, 0) is 44.2 Å². The Morgan fingerprint density at radius 1 is 1.17 bits per heavy atom. The van der Waals surface area contributed by atoms with E-state index in [1.165, 1.54) is 11.3 Å². The number of ether oxygens (including phenoxy) is 2. The zero-order valence-electron chi connectivity index (χ0n) is 16.7. The molecule has 3 rings (SSSR count). The van der Waals surface area contributed by atoms with E-state index in [9.17, 15) is 13.2 Å². The van der Waals surface area contributed by atoms with Gasteiger partial charge in [-0.1, -0.05) is 19.4 Å². The topological polar surface area (TPSA) is 47.5 Å². The van der Waals surface area contributed by atoms with Crippen LogP contribution in [0, 0.1) is 0 Å². The molecule has 29 heavy (non-hydrogen) atoms. The van der Waals surface area contributed by atoms with Crippen molar-refractivity contribution in [2.75, 3.05) is 18.6 Å². The van der Waals surface area contributed by atoms with Crippen molar-refractivity contribution in [1.82, 2.24) is 9.97 Å². The Balaban J connectivity index is 1.88. The minimum atomic E-state index is -4.58. The molecule has 0 N–H and O–H groups in total. The first kappa shape index (κ1) is 21.2. The second-order valence-corrected chi connectivity index (χ2v) is 7.17. The third kappa shape index (κ3) is 5.52. The fourth-order valence-corrected chi connectivity index (χ4v) is 3.34. The molecule has 0 saturated heterocycles. The number of benzene rings is 1. The Labute approximate surface area is 168 Å². The molecule has 0 amide bonds. The van der Waals surface area contributed by atoms with Gasteiger partial charge in [0.1, 0.15) is 11.3 Å². The zero-order chi connectivity index (χ0) is 20.9. The van der Waals surface area contributed by atoms with Gasteiger partial charge in [-0.2, -0.15) is 18.2 Å². The number of halogens is 3. The molecular formula is C21H26F3N3O2. The highest BCUT2D eigenvalue weighted by molar-refractivity contribution is 5.64. The Hall–Kier alpha value is -2.51. The average molecular weight is 409 g/mol. The van der Waals surface area contributed by atoms with Crippen LogP contribution < -0.4 is 14.4 Å². The molecule has 2 aromatic rings. The summed E-state index contributed by atoms with van der Waals surface area (Å²) in [5.41, 5.74) is -0.369. The molecular weight excluding hydrogens is 383 g/mol. The van der Waals surface area contributed by atoms with E-state index in [4.69, 9.17) is 9.47 Å². The average Bonchev–Trinajstić information content (AvgIpc) is 2.71. The molecule has 5 nitrogen and oxygen atoms in total. The van der Waals surface area contributed by atoms with Gasteiger partial charge in [0.2, 0.25) is 0 Å². The summed E-state index contributed by atoms with van der Waals surface area (Å²) in [5.74, 6) is 0.389. The monoisotopic (exact) mass is 409 g/mol. The van der Waals surface area contributed by atoms with Crippen molar-refractivity contribution in [1.29, 1.82) is 0 Å². The summed E-state index contributed by atoms with van der Waals surface area (Å²) >= 11 is 0. The fourth-order valence-electron chi connectivity index (χ4n) is 3.34. The lowest BCUT2D eigenvalue weighted by molar-refractivity contribution is -0.137. The fraction of sp³-hybridized carbons (Fsp3) is 0.524. The van der Waals surface area contributed by atoms with Crippen LogP contribution in [0.15, 0.2) is 30.5 Å². The highest BCUT2D eigenvalue weighted by Gasteiger charge is 2.36. The van der Waals surface area contributed by atoms with Gasteiger partial charge in [0.25, 0.3) is 0 Å². The number of hydrogen-bond acceptors (Lipinski definition) is 5. The van der Waals surface area contributed by atoms with Crippen molar-refractivity contribution in [3.8, 4) is 11.8 Å². The highest BCUT2D eigenvalue weighted by atomic mass is 19.4. The standard InChI is InChI=1S/C21H26F3N3O2/c1-3-12-28-20-25-14-18(21(22,23)24)19(26-20)27(2)15-8-7-11-17(13-15)29-16-9-5-4-6-10-16/h7-8,11,13-14,16H,3-6,9-10,12H2,1-2H3. The predicted molar refractivity (Wildman–Crippen MR) is 105 cm³/mol. The molecule has 1 heterocycles. The zero-order valence-corrected chi connectivity index (χ0v) is 16.7. The molecule has 0 radical (unpaired) electrons. The lowest BCUT2D eigenvalue weighted by atomic mass is 9.98. The predicted octanol–water partition coefficient (Wildman–Crippen LogP) is 5.76. The van der Waals surface area contributed by atoms with Gasteiger partial charge < -0.3 is 14.4 Å². The van der Waals surface area contributed by atoms with Gasteiger partial charge in [0, 0.05) is 25.0 Å². The summed E-state index contributed by atoms with van der Waals surface area (Å²) < 4.78 is 52.0. The van der Waals surface area contributed by atoms with Gasteiger partial charge in [-0.3, -0.25) is 0 Å². The van der Waals surface area contributed by atoms with Crippen molar-refractivity contribution in [2.45, 2.75) is 57.7 Å². The molecule has 1 aromatic heterocycles. The van der Waals surface area contributed by atoms with E-state index in [2.05, 4.69) is 9.97 Å². The number of alkyl halides is 3. The van der Waals surface area contributed by atoms with E-state index in [-0.39, 0.29) is 17.9 Å². The highest BCUT2D eigenvalue weighted by Crippen LogP contribution is 2.38. The summed E-state index contributed by atoms with van der Waals surface area (Å²) in [6, 6.07) is 6.99. The normalized spacial score (nSPS) is 15.2. The van der Waals surface area contributed by atoms with E-state index in [1.54, 1.807) is 25.2 Å². The first-order valence-electron chi connectivity index (χ1n) is 9.96. The SMILES string of the molecule is CCCOc1ncc(C(F)(F)F)c(N(C)c2cccc(OC3CCCCC3)c2)n1. The van der Waals surface area contributed by atoms with Gasteiger partial charge >= 0.3 is 12.2 Å². The minimum absolute atomic E-state index is 0.0729. The van der Waals surface area contributed by atoms with Crippen molar-refractivity contribution in [3.05, 3.63) is 36.0 Å². The second kappa shape index (κ2) is 9.33. The van der Waals surface area contributed by atoms with E-state index >= 15 is 0 Å². The first-order chi connectivity index (χ1) is 13.9. The van der Waals surface area contributed by atoms with Crippen LogP contribution in [0.2, 0.25) is 0 Å². The maximum Gasteiger partial charge on any atom is 0.421 e. The van der Waals surface area contributed by atoms with Crippen molar-refractivity contribution in [3.63, 3.8) is 0 Å². The van der Waals surface area contributed by atoms with Crippen molar-refractivity contribution >= 4 is 11.5 Å². The summed E-state index contributed by atoms with van der Waals surface area (Å²) in [5, 5.41) is 0. The number of nitrogens with zero attached hydrogens (tertiary/aromatic N) is 3. The smallest absolute Gasteiger partial charge is 0.421 e. The van der Waals surface area contributed by atoms with Gasteiger partial charge in [0.05, 0.1) is 12.7 Å². The van der Waals surface area contributed by atoms with Gasteiger partial charge in [0.15, 0.2) is 5.82 Å². The van der Waals surface area contributed by atoms with Crippen molar-refractivity contribution in [2.24, 2.45) is 0 Å². The molecule has 158 valence electrons. The third-order valence-corrected chi connectivity index (χ3v) is 4.86. The van der Waals surface area contributed by atoms with E-state index < -0.39 is 11.7 Å². The molecule has 0 unspecified atom stereocenters. The van der Waals surface area contributed by atoms with Crippen LogP contribution >= 0.6 is 0 Å². The molecule has 0 aliphatic heterocycles. The number of aromatic nitrogens is 2. The molecule has 1 aliphatic rings. The Bertz CT molecular complexity index is 808. The molecule has 1 saturated carbocycles. The summed E-state index contributed by atoms with van der Waals surface area (Å²) in [6.07, 6.45) is 2.55. The summed E-state index contributed by atoms with van der Waals surface area (Å²) in [4.78, 5) is 9.13. The second-order valence-electron chi connectivity index (χ2n) is 7.17. The quantitative estimate of drug-likeness (QED) is 0.582. The number of anilines is 2. The Morgan fingerprint density at radius 2 is 1.93 bits per heavy atom. The lowest BCUT2D eigenvalue weighted by Crippen LogP contribution is -2.21. The molecule has 8 heteroatoms. The van der Waals surface area contributed by atoms with Crippen LogP contribution in [0.1, 0.15) is 51.0 Å². The summed E-state index contributed by atoms with van der Waals surface area (Å²) in [6.45, 7) is 2.23. The first-order valence-corrected chi connectivity index (χ1v) is 9.96. The maximum atomic E-state index is 13.5. The van der Waals surface area contributed by atoms with Crippen LogP contribution in [0.5, 0.6) is 11.8 Å². The van der Waals surface area contributed by atoms with E-state index in [1.807, 2.05) is 13.0 Å². The third-order valence-electron chi connectivity index (χ3n) is 4.86. The Kier molecular flexibility index (Phi) is 6.82. The minimum Gasteiger partial charge on any atom is -0.490 e. The van der Waals surface area contributed by atoms with Crippen LogP contribution in [0.3, 0.4) is 0 Å². The van der Waals surface area contributed by atoms with Crippen LogP contribution in [-0.2, 0) is 6.18 Å². The van der Waals surface area contributed by atoms with E-state index in [0.29, 0.717) is 24.5 Å². The summed E-state index contributed by atoms with van der Waals surface area (Å²) in [7, 11) is 1.54. The largest absolute Gasteiger partial charge is 0.490 e. The van der Waals surface area contributed by atoms with Crippen LogP contribution in [0.25, 0.3) is 0 Å². The van der Waals surface area contributed by atoms with Crippen LogP contribution in [0.4, 0.5) is 24.7 Å². The number of rotatable bonds is 7. The van der Waals surface area contributed by atoms with E-state index in [0.717, 1.165) is 31.9 Å². The van der Waals surface area contributed by atoms with Crippen LogP contribution in [-0.4, -0.2) is 29.7 Å². The lowest BCUT2D eigenvalue weighted by Gasteiger charge is -2.25. The Morgan fingerprint density at radius 3 is 2.62 bits per heavy atom. The molecule has 0 bridgehead atoms. The molecule has 1 aromatic carbocycles.